The largest absolute Gasteiger partial charge is 0.390 e. The summed E-state index contributed by atoms with van der Waals surface area (Å²) in [5, 5.41) is 18.9. The van der Waals surface area contributed by atoms with Crippen molar-refractivity contribution in [1.82, 2.24) is 0 Å². The van der Waals surface area contributed by atoms with Crippen molar-refractivity contribution in [3.8, 4) is 0 Å². The molecule has 0 heterocycles. The van der Waals surface area contributed by atoms with Gasteiger partial charge in [-0.15, -0.1) is 0 Å². The van der Waals surface area contributed by atoms with Crippen LogP contribution in [-0.4, -0.2) is 21.9 Å². The molecule has 2 heteroatoms. The zero-order valence-electron chi connectivity index (χ0n) is 6.67. The van der Waals surface area contributed by atoms with Crippen LogP contribution in [0.1, 0.15) is 33.1 Å². The maximum atomic E-state index is 9.56. The second kappa shape index (κ2) is 2.51. The van der Waals surface area contributed by atoms with Gasteiger partial charge in [-0.05, 0) is 32.1 Å². The van der Waals surface area contributed by atoms with E-state index < -0.39 is 11.7 Å². The number of aliphatic hydroxyl groups excluding tert-OH is 1. The van der Waals surface area contributed by atoms with E-state index in [0.717, 1.165) is 19.3 Å². The molecular formula is C8H16O2. The van der Waals surface area contributed by atoms with E-state index >= 15 is 0 Å². The fourth-order valence-corrected chi connectivity index (χ4v) is 1.70. The Kier molecular flexibility index (Phi) is 2.02. The minimum Gasteiger partial charge on any atom is -0.390 e. The third kappa shape index (κ3) is 1.50. The summed E-state index contributed by atoms with van der Waals surface area (Å²) in [5.41, 5.74) is -0.836. The smallest absolute Gasteiger partial charge is 0.0880 e. The van der Waals surface area contributed by atoms with Crippen LogP contribution in [0.2, 0.25) is 0 Å². The van der Waals surface area contributed by atoms with Crippen LogP contribution in [0.15, 0.2) is 0 Å². The maximum Gasteiger partial charge on any atom is 0.0880 e. The van der Waals surface area contributed by atoms with Crippen LogP contribution in [0, 0.1) is 5.92 Å². The Balaban J connectivity index is 2.55. The van der Waals surface area contributed by atoms with Gasteiger partial charge in [-0.3, -0.25) is 0 Å². The predicted molar refractivity (Wildman–Crippen MR) is 39.6 cm³/mol. The minimum atomic E-state index is -0.836. The third-order valence-electron chi connectivity index (χ3n) is 2.41. The quantitative estimate of drug-likeness (QED) is 0.530. The average Bonchev–Trinajstić information content (AvgIpc) is 1.78. The van der Waals surface area contributed by atoms with E-state index in [4.69, 9.17) is 0 Å². The molecule has 1 rings (SSSR count). The van der Waals surface area contributed by atoms with Crippen LogP contribution in [0.5, 0.6) is 0 Å². The molecule has 3 atom stereocenters. The molecule has 1 aliphatic rings. The first kappa shape index (κ1) is 8.02. The SMILES string of the molecule is C[C@@H]1CC[C@H](O)[C@@](C)(O)C1. The fourth-order valence-electron chi connectivity index (χ4n) is 1.70. The highest BCUT2D eigenvalue weighted by molar-refractivity contribution is 4.88. The van der Waals surface area contributed by atoms with Gasteiger partial charge in [-0.1, -0.05) is 6.92 Å². The molecule has 10 heavy (non-hydrogen) atoms. The summed E-state index contributed by atoms with van der Waals surface area (Å²) in [5.74, 6) is 0.554. The molecule has 0 unspecified atom stereocenters. The Labute approximate surface area is 61.9 Å². The monoisotopic (exact) mass is 144 g/mol. The molecule has 60 valence electrons. The van der Waals surface area contributed by atoms with Gasteiger partial charge in [0.05, 0.1) is 11.7 Å². The zero-order chi connectivity index (χ0) is 7.78. The van der Waals surface area contributed by atoms with Crippen LogP contribution in [0.4, 0.5) is 0 Å². The highest BCUT2D eigenvalue weighted by atomic mass is 16.3. The van der Waals surface area contributed by atoms with Crippen molar-refractivity contribution in [2.45, 2.75) is 44.8 Å². The third-order valence-corrected chi connectivity index (χ3v) is 2.41. The lowest BCUT2D eigenvalue weighted by Crippen LogP contribution is -2.44. The lowest BCUT2D eigenvalue weighted by molar-refractivity contribution is -0.0985. The fraction of sp³-hybridized carbons (Fsp3) is 1.00. The van der Waals surface area contributed by atoms with Gasteiger partial charge in [0.15, 0.2) is 0 Å². The second-order valence-corrected chi connectivity index (χ2v) is 3.76. The molecule has 0 saturated heterocycles. The summed E-state index contributed by atoms with van der Waals surface area (Å²) in [6.45, 7) is 3.83. The van der Waals surface area contributed by atoms with Gasteiger partial charge in [0.1, 0.15) is 0 Å². The lowest BCUT2D eigenvalue weighted by Gasteiger charge is -2.36. The Morgan fingerprint density at radius 2 is 2.00 bits per heavy atom. The number of hydrogen-bond acceptors (Lipinski definition) is 2. The summed E-state index contributed by atoms with van der Waals surface area (Å²) in [6.07, 6.45) is 2.00. The van der Waals surface area contributed by atoms with Crippen LogP contribution < -0.4 is 0 Å². The molecule has 2 nitrogen and oxygen atoms in total. The van der Waals surface area contributed by atoms with Crippen LogP contribution in [0.3, 0.4) is 0 Å². The van der Waals surface area contributed by atoms with Gasteiger partial charge >= 0.3 is 0 Å². The normalized spacial score (nSPS) is 49.2. The highest BCUT2D eigenvalue weighted by Crippen LogP contribution is 2.31. The van der Waals surface area contributed by atoms with E-state index in [9.17, 15) is 10.2 Å². The molecule has 0 aromatic heterocycles. The number of aliphatic hydroxyl groups is 2. The van der Waals surface area contributed by atoms with Crippen molar-refractivity contribution in [1.29, 1.82) is 0 Å². The van der Waals surface area contributed by atoms with E-state index in [1.807, 2.05) is 0 Å². The first-order valence-electron chi connectivity index (χ1n) is 3.93. The standard InChI is InChI=1S/C8H16O2/c1-6-3-4-7(9)8(2,10)5-6/h6-7,9-10H,3-5H2,1-2H3/t6-,7+,8+/m1/s1. The molecular weight excluding hydrogens is 128 g/mol. The first-order valence-corrected chi connectivity index (χ1v) is 3.93. The van der Waals surface area contributed by atoms with Crippen molar-refractivity contribution in [2.75, 3.05) is 0 Å². The number of rotatable bonds is 0. The summed E-state index contributed by atoms with van der Waals surface area (Å²) in [4.78, 5) is 0. The van der Waals surface area contributed by atoms with E-state index in [2.05, 4.69) is 6.92 Å². The molecule has 1 fully saturated rings. The van der Waals surface area contributed by atoms with Crippen molar-refractivity contribution in [3.05, 3.63) is 0 Å². The zero-order valence-corrected chi connectivity index (χ0v) is 6.67. The van der Waals surface area contributed by atoms with E-state index in [-0.39, 0.29) is 0 Å². The average molecular weight is 144 g/mol. The second-order valence-electron chi connectivity index (χ2n) is 3.76. The minimum absolute atomic E-state index is 0.510. The molecule has 0 amide bonds. The van der Waals surface area contributed by atoms with Gasteiger partial charge in [0, 0.05) is 0 Å². The summed E-state index contributed by atoms with van der Waals surface area (Å²) < 4.78 is 0. The molecule has 1 saturated carbocycles. The Hall–Kier alpha value is -0.0800. The molecule has 0 aromatic rings. The van der Waals surface area contributed by atoms with Gasteiger partial charge in [0.25, 0.3) is 0 Å². The van der Waals surface area contributed by atoms with Crippen LogP contribution in [-0.2, 0) is 0 Å². The van der Waals surface area contributed by atoms with Crippen LogP contribution >= 0.6 is 0 Å². The van der Waals surface area contributed by atoms with Crippen molar-refractivity contribution < 1.29 is 10.2 Å². The summed E-state index contributed by atoms with van der Waals surface area (Å²) in [7, 11) is 0. The molecule has 0 aliphatic heterocycles. The molecule has 0 aromatic carbocycles. The Morgan fingerprint density at radius 1 is 1.40 bits per heavy atom. The lowest BCUT2D eigenvalue weighted by atomic mass is 9.78. The topological polar surface area (TPSA) is 40.5 Å². The summed E-state index contributed by atoms with van der Waals surface area (Å²) >= 11 is 0. The molecule has 2 N–H and O–H groups in total. The first-order chi connectivity index (χ1) is 4.52. The van der Waals surface area contributed by atoms with E-state index in [0.29, 0.717) is 5.92 Å². The number of hydrogen-bond donors (Lipinski definition) is 2. The van der Waals surface area contributed by atoms with Gasteiger partial charge in [0.2, 0.25) is 0 Å². The van der Waals surface area contributed by atoms with Gasteiger partial charge < -0.3 is 10.2 Å². The van der Waals surface area contributed by atoms with E-state index in [1.165, 1.54) is 0 Å². The molecule has 1 aliphatic carbocycles. The summed E-state index contributed by atoms with van der Waals surface area (Å²) in [6, 6.07) is 0. The molecule has 0 radical (unpaired) electrons. The maximum absolute atomic E-state index is 9.56. The van der Waals surface area contributed by atoms with Crippen molar-refractivity contribution >= 4 is 0 Å². The van der Waals surface area contributed by atoms with Crippen molar-refractivity contribution in [3.63, 3.8) is 0 Å². The van der Waals surface area contributed by atoms with Gasteiger partial charge in [-0.2, -0.15) is 0 Å². The highest BCUT2D eigenvalue weighted by Gasteiger charge is 2.35. The van der Waals surface area contributed by atoms with Crippen LogP contribution in [0.25, 0.3) is 0 Å². The predicted octanol–water partition coefficient (Wildman–Crippen LogP) is 0.918. The molecule has 0 spiro atoms. The van der Waals surface area contributed by atoms with E-state index in [1.54, 1.807) is 6.92 Å². The van der Waals surface area contributed by atoms with Crippen molar-refractivity contribution in [2.24, 2.45) is 5.92 Å². The Morgan fingerprint density at radius 3 is 2.40 bits per heavy atom. The molecule has 0 bridgehead atoms. The van der Waals surface area contributed by atoms with Gasteiger partial charge in [-0.25, -0.2) is 0 Å². The Bertz CT molecular complexity index is 120.